The van der Waals surface area contributed by atoms with Crippen molar-refractivity contribution in [2.75, 3.05) is 19.8 Å². The standard InChI is InChI=1S/C22H26O5/c1-15(2)22(25)27-14-19-10-20(26-13-17(11-23)12-24)8-9-21(19)18-6-4-16(3)5-7-18/h4-10,17,23-24H,1,11-14H2,2-3H3. The van der Waals surface area contributed by atoms with Crippen molar-refractivity contribution in [1.82, 2.24) is 0 Å². The predicted molar refractivity (Wildman–Crippen MR) is 104 cm³/mol. The molecular formula is C22H26O5. The number of carbonyl (C=O) groups excluding carboxylic acids is 1. The van der Waals surface area contributed by atoms with E-state index < -0.39 is 5.97 Å². The Bertz CT molecular complexity index is 776. The summed E-state index contributed by atoms with van der Waals surface area (Å²) >= 11 is 0. The Morgan fingerprint density at radius 1 is 1.11 bits per heavy atom. The molecule has 27 heavy (non-hydrogen) atoms. The number of aliphatic hydroxyl groups excluding tert-OH is 2. The molecule has 0 aliphatic rings. The molecule has 0 radical (unpaired) electrons. The molecule has 0 atom stereocenters. The maximum absolute atomic E-state index is 11.8. The number of rotatable bonds is 9. The third-order valence-corrected chi connectivity index (χ3v) is 4.15. The van der Waals surface area contributed by atoms with Gasteiger partial charge in [-0.05, 0) is 37.1 Å². The monoisotopic (exact) mass is 370 g/mol. The van der Waals surface area contributed by atoms with Gasteiger partial charge in [0, 0.05) is 17.1 Å². The molecule has 0 amide bonds. The van der Waals surface area contributed by atoms with Gasteiger partial charge in [-0.1, -0.05) is 42.5 Å². The van der Waals surface area contributed by atoms with Gasteiger partial charge in [0.05, 0.1) is 19.8 Å². The highest BCUT2D eigenvalue weighted by Crippen LogP contribution is 2.29. The van der Waals surface area contributed by atoms with Crippen LogP contribution in [0.15, 0.2) is 54.6 Å². The van der Waals surface area contributed by atoms with Crippen LogP contribution in [0, 0.1) is 12.8 Å². The molecule has 2 N–H and O–H groups in total. The number of aryl methyl sites for hydroxylation is 1. The fraction of sp³-hybridized carbons (Fsp3) is 0.318. The third kappa shape index (κ3) is 5.94. The van der Waals surface area contributed by atoms with Gasteiger partial charge in [0.2, 0.25) is 0 Å². The Balaban J connectivity index is 2.27. The van der Waals surface area contributed by atoms with Crippen LogP contribution in [0.2, 0.25) is 0 Å². The lowest BCUT2D eigenvalue weighted by Crippen LogP contribution is -2.19. The van der Waals surface area contributed by atoms with Crippen molar-refractivity contribution in [2.45, 2.75) is 20.5 Å². The summed E-state index contributed by atoms with van der Waals surface area (Å²) in [6.45, 7) is 7.21. The Hall–Kier alpha value is -2.63. The predicted octanol–water partition coefficient (Wildman–Crippen LogP) is 3.26. The zero-order chi connectivity index (χ0) is 19.8. The molecule has 5 heteroatoms. The minimum atomic E-state index is -0.447. The van der Waals surface area contributed by atoms with Crippen LogP contribution in [0.5, 0.6) is 5.75 Å². The van der Waals surface area contributed by atoms with E-state index in [1.54, 1.807) is 6.92 Å². The fourth-order valence-corrected chi connectivity index (χ4v) is 2.44. The first-order chi connectivity index (χ1) is 12.9. The van der Waals surface area contributed by atoms with Crippen molar-refractivity contribution < 1.29 is 24.5 Å². The van der Waals surface area contributed by atoms with E-state index >= 15 is 0 Å². The van der Waals surface area contributed by atoms with E-state index in [9.17, 15) is 4.79 Å². The van der Waals surface area contributed by atoms with Crippen LogP contribution in [0.25, 0.3) is 11.1 Å². The summed E-state index contributed by atoms with van der Waals surface area (Å²) in [4.78, 5) is 11.8. The van der Waals surface area contributed by atoms with Crippen LogP contribution in [-0.4, -0.2) is 36.0 Å². The minimum absolute atomic E-state index is 0.0928. The number of aliphatic hydroxyl groups is 2. The van der Waals surface area contributed by atoms with Gasteiger partial charge in [-0.25, -0.2) is 4.79 Å². The molecule has 2 rings (SSSR count). The van der Waals surface area contributed by atoms with Crippen molar-refractivity contribution in [3.05, 3.63) is 65.7 Å². The Labute approximate surface area is 159 Å². The smallest absolute Gasteiger partial charge is 0.333 e. The molecule has 0 aliphatic carbocycles. The Morgan fingerprint density at radius 3 is 2.37 bits per heavy atom. The number of hydrogen-bond acceptors (Lipinski definition) is 5. The maximum atomic E-state index is 11.8. The number of carbonyl (C=O) groups is 1. The summed E-state index contributed by atoms with van der Waals surface area (Å²) in [5.41, 5.74) is 4.26. The van der Waals surface area contributed by atoms with Crippen LogP contribution in [-0.2, 0) is 16.1 Å². The lowest BCUT2D eigenvalue weighted by Gasteiger charge is -2.16. The summed E-state index contributed by atoms with van der Waals surface area (Å²) in [5.74, 6) is -0.206. The highest BCUT2D eigenvalue weighted by molar-refractivity contribution is 5.87. The van der Waals surface area contributed by atoms with Gasteiger partial charge >= 0.3 is 5.97 Å². The molecule has 0 unspecified atom stereocenters. The molecule has 0 saturated carbocycles. The molecule has 0 aliphatic heterocycles. The van der Waals surface area contributed by atoms with Crippen molar-refractivity contribution >= 4 is 5.97 Å². The SMILES string of the molecule is C=C(C)C(=O)OCc1cc(OCC(CO)CO)ccc1-c1ccc(C)cc1. The summed E-state index contributed by atoms with van der Waals surface area (Å²) in [6.07, 6.45) is 0. The van der Waals surface area contributed by atoms with Gasteiger partial charge in [-0.2, -0.15) is 0 Å². The molecule has 0 aromatic heterocycles. The molecule has 0 saturated heterocycles. The molecule has 5 nitrogen and oxygen atoms in total. The second-order valence-corrected chi connectivity index (χ2v) is 6.58. The molecular weight excluding hydrogens is 344 g/mol. The third-order valence-electron chi connectivity index (χ3n) is 4.15. The summed E-state index contributed by atoms with van der Waals surface area (Å²) in [7, 11) is 0. The van der Waals surface area contributed by atoms with E-state index in [-0.39, 0.29) is 32.3 Å². The van der Waals surface area contributed by atoms with Crippen molar-refractivity contribution in [1.29, 1.82) is 0 Å². The Kier molecular flexibility index (Phi) is 7.58. The fourth-order valence-electron chi connectivity index (χ4n) is 2.44. The number of esters is 1. The number of hydrogen-bond donors (Lipinski definition) is 2. The molecule has 144 valence electrons. The van der Waals surface area contributed by atoms with Gasteiger partial charge in [0.25, 0.3) is 0 Å². The summed E-state index contributed by atoms with van der Waals surface area (Å²) in [6, 6.07) is 13.6. The average molecular weight is 370 g/mol. The second kappa shape index (κ2) is 9.90. The van der Waals surface area contributed by atoms with E-state index in [1.165, 1.54) is 0 Å². The average Bonchev–Trinajstić information content (AvgIpc) is 2.67. The first-order valence-corrected chi connectivity index (χ1v) is 8.81. The molecule has 0 heterocycles. The van der Waals surface area contributed by atoms with Crippen molar-refractivity contribution in [2.24, 2.45) is 5.92 Å². The number of ether oxygens (including phenoxy) is 2. The van der Waals surface area contributed by atoms with Gasteiger partial charge in [0.15, 0.2) is 0 Å². The highest BCUT2D eigenvalue weighted by Gasteiger charge is 2.12. The summed E-state index contributed by atoms with van der Waals surface area (Å²) in [5, 5.41) is 18.3. The van der Waals surface area contributed by atoms with E-state index in [0.717, 1.165) is 22.3 Å². The lowest BCUT2D eigenvalue weighted by molar-refractivity contribution is -0.140. The zero-order valence-electron chi connectivity index (χ0n) is 15.8. The molecule has 0 bridgehead atoms. The van der Waals surface area contributed by atoms with Crippen LogP contribution in [0.3, 0.4) is 0 Å². The van der Waals surface area contributed by atoms with Crippen LogP contribution < -0.4 is 4.74 Å². The summed E-state index contributed by atoms with van der Waals surface area (Å²) < 4.78 is 11.0. The quantitative estimate of drug-likeness (QED) is 0.523. The van der Waals surface area contributed by atoms with Gasteiger partial charge in [-0.3, -0.25) is 0 Å². The highest BCUT2D eigenvalue weighted by atomic mass is 16.5. The topological polar surface area (TPSA) is 76.0 Å². The van der Waals surface area contributed by atoms with Gasteiger partial charge < -0.3 is 19.7 Å². The van der Waals surface area contributed by atoms with Gasteiger partial charge in [0.1, 0.15) is 12.4 Å². The first kappa shape index (κ1) is 20.7. The van der Waals surface area contributed by atoms with Crippen molar-refractivity contribution in [3.63, 3.8) is 0 Å². The molecule has 2 aromatic rings. The van der Waals surface area contributed by atoms with Crippen molar-refractivity contribution in [3.8, 4) is 16.9 Å². The second-order valence-electron chi connectivity index (χ2n) is 6.58. The normalized spacial score (nSPS) is 10.7. The molecule has 2 aromatic carbocycles. The number of benzene rings is 2. The largest absolute Gasteiger partial charge is 0.493 e. The van der Waals surface area contributed by atoms with E-state index in [1.807, 2.05) is 49.4 Å². The van der Waals surface area contributed by atoms with E-state index in [4.69, 9.17) is 19.7 Å². The zero-order valence-corrected chi connectivity index (χ0v) is 15.8. The van der Waals surface area contributed by atoms with Crippen LogP contribution in [0.4, 0.5) is 0 Å². The molecule has 0 spiro atoms. The molecule has 0 fully saturated rings. The van der Waals surface area contributed by atoms with Crippen LogP contribution in [0.1, 0.15) is 18.1 Å². The first-order valence-electron chi connectivity index (χ1n) is 8.81. The Morgan fingerprint density at radius 2 is 1.78 bits per heavy atom. The van der Waals surface area contributed by atoms with Gasteiger partial charge in [-0.15, -0.1) is 0 Å². The lowest BCUT2D eigenvalue weighted by atomic mass is 9.99. The maximum Gasteiger partial charge on any atom is 0.333 e. The van der Waals surface area contributed by atoms with E-state index in [2.05, 4.69) is 6.58 Å². The van der Waals surface area contributed by atoms with Crippen LogP contribution >= 0.6 is 0 Å². The minimum Gasteiger partial charge on any atom is -0.493 e. The van der Waals surface area contributed by atoms with E-state index in [0.29, 0.717) is 11.3 Å².